The van der Waals surface area contributed by atoms with Crippen LogP contribution in [0, 0.1) is 0 Å². The van der Waals surface area contributed by atoms with Gasteiger partial charge in [0.15, 0.2) is 0 Å². The van der Waals surface area contributed by atoms with Crippen LogP contribution in [0.1, 0.15) is 11.1 Å². The zero-order chi connectivity index (χ0) is 12.3. The van der Waals surface area contributed by atoms with Gasteiger partial charge in [0, 0.05) is 0 Å². The van der Waals surface area contributed by atoms with Gasteiger partial charge in [0.1, 0.15) is 11.5 Å². The molecule has 3 heteroatoms. The third-order valence-corrected chi connectivity index (χ3v) is 2.68. The summed E-state index contributed by atoms with van der Waals surface area (Å²) in [6, 6.07) is 12.9. The maximum absolute atomic E-state index is 9.41. The first-order chi connectivity index (χ1) is 8.20. The maximum atomic E-state index is 9.41. The van der Waals surface area contributed by atoms with Gasteiger partial charge >= 0.3 is 0 Å². The Morgan fingerprint density at radius 1 is 1.18 bits per heavy atom. The summed E-state index contributed by atoms with van der Waals surface area (Å²) >= 11 is 0. The molecule has 0 aliphatic carbocycles. The number of hydrogen-bond acceptors (Lipinski definition) is 3. The molecule has 0 spiro atoms. The van der Waals surface area contributed by atoms with Crippen molar-refractivity contribution < 1.29 is 9.84 Å². The number of para-hydroxylation sites is 1. The minimum absolute atomic E-state index is 0.268. The Morgan fingerprint density at radius 3 is 2.65 bits per heavy atom. The molecule has 2 rings (SSSR count). The van der Waals surface area contributed by atoms with Crippen molar-refractivity contribution in [2.24, 2.45) is 0 Å². The summed E-state index contributed by atoms with van der Waals surface area (Å²) in [4.78, 5) is 0. The first kappa shape index (κ1) is 11.3. The molecule has 2 aromatic carbocycles. The van der Waals surface area contributed by atoms with E-state index in [1.165, 1.54) is 0 Å². The highest BCUT2D eigenvalue weighted by Crippen LogP contribution is 2.27. The van der Waals surface area contributed by atoms with E-state index < -0.39 is 0 Å². The van der Waals surface area contributed by atoms with Gasteiger partial charge in [-0.05, 0) is 35.7 Å². The number of hydrogen-bond donors (Lipinski definition) is 2. The number of ether oxygens (including phenoxy) is 1. The second-order valence-electron chi connectivity index (χ2n) is 3.88. The van der Waals surface area contributed by atoms with Crippen molar-refractivity contribution in [3.8, 4) is 11.5 Å². The van der Waals surface area contributed by atoms with Crippen molar-refractivity contribution in [1.29, 1.82) is 0 Å². The van der Waals surface area contributed by atoms with E-state index >= 15 is 0 Å². The summed E-state index contributed by atoms with van der Waals surface area (Å²) in [5.74, 6) is 0.951. The lowest BCUT2D eigenvalue weighted by Crippen LogP contribution is -1.98. The van der Waals surface area contributed by atoms with Gasteiger partial charge in [-0.2, -0.15) is 0 Å². The Labute approximate surface area is 100 Å². The minimum Gasteiger partial charge on any atom is -0.508 e. The lowest BCUT2D eigenvalue weighted by molar-refractivity contribution is 0.416. The molecule has 0 radical (unpaired) electrons. The largest absolute Gasteiger partial charge is 0.508 e. The SMILES string of the molecule is COc1cccc(Cc2cccc(O)c2)c1N. The number of rotatable bonds is 3. The van der Waals surface area contributed by atoms with Crippen LogP contribution >= 0.6 is 0 Å². The van der Waals surface area contributed by atoms with E-state index in [0.29, 0.717) is 17.9 Å². The zero-order valence-corrected chi connectivity index (χ0v) is 9.68. The lowest BCUT2D eigenvalue weighted by atomic mass is 10.0. The van der Waals surface area contributed by atoms with Crippen LogP contribution in [0.4, 0.5) is 5.69 Å². The highest BCUT2D eigenvalue weighted by atomic mass is 16.5. The van der Waals surface area contributed by atoms with Crippen LogP contribution in [0.3, 0.4) is 0 Å². The molecule has 0 amide bonds. The number of nitrogens with two attached hydrogens (primary N) is 1. The van der Waals surface area contributed by atoms with Crippen LogP contribution in [-0.4, -0.2) is 12.2 Å². The molecule has 0 heterocycles. The number of aromatic hydroxyl groups is 1. The Morgan fingerprint density at radius 2 is 1.94 bits per heavy atom. The molecule has 0 saturated carbocycles. The second-order valence-corrected chi connectivity index (χ2v) is 3.88. The van der Waals surface area contributed by atoms with Gasteiger partial charge in [-0.15, -0.1) is 0 Å². The first-order valence-electron chi connectivity index (χ1n) is 5.40. The topological polar surface area (TPSA) is 55.5 Å². The first-order valence-corrected chi connectivity index (χ1v) is 5.40. The lowest BCUT2D eigenvalue weighted by Gasteiger charge is -2.10. The Bertz CT molecular complexity index is 523. The number of methoxy groups -OCH3 is 1. The Kier molecular flexibility index (Phi) is 3.19. The van der Waals surface area contributed by atoms with E-state index in [9.17, 15) is 5.11 Å². The molecule has 0 aliphatic rings. The van der Waals surface area contributed by atoms with Gasteiger partial charge < -0.3 is 15.6 Å². The second kappa shape index (κ2) is 4.78. The zero-order valence-electron chi connectivity index (χ0n) is 9.68. The monoisotopic (exact) mass is 229 g/mol. The Hall–Kier alpha value is -2.16. The predicted molar refractivity (Wildman–Crippen MR) is 68.3 cm³/mol. The van der Waals surface area contributed by atoms with Gasteiger partial charge in [-0.1, -0.05) is 24.3 Å². The van der Waals surface area contributed by atoms with Crippen molar-refractivity contribution in [2.45, 2.75) is 6.42 Å². The summed E-state index contributed by atoms with van der Waals surface area (Å²) in [7, 11) is 1.60. The normalized spacial score (nSPS) is 10.2. The van der Waals surface area contributed by atoms with Crippen LogP contribution in [0.5, 0.6) is 11.5 Å². The smallest absolute Gasteiger partial charge is 0.142 e. The fourth-order valence-corrected chi connectivity index (χ4v) is 1.81. The fourth-order valence-electron chi connectivity index (χ4n) is 1.81. The van der Waals surface area contributed by atoms with Crippen LogP contribution < -0.4 is 10.5 Å². The molecule has 17 heavy (non-hydrogen) atoms. The quantitative estimate of drug-likeness (QED) is 0.795. The molecule has 3 nitrogen and oxygen atoms in total. The van der Waals surface area contributed by atoms with E-state index in [-0.39, 0.29) is 5.75 Å². The summed E-state index contributed by atoms with van der Waals surface area (Å²) < 4.78 is 5.17. The number of anilines is 1. The predicted octanol–water partition coefficient (Wildman–Crippen LogP) is 2.57. The van der Waals surface area contributed by atoms with Crippen molar-refractivity contribution in [3.05, 3.63) is 53.6 Å². The van der Waals surface area contributed by atoms with Crippen molar-refractivity contribution in [2.75, 3.05) is 12.8 Å². The van der Waals surface area contributed by atoms with E-state index in [1.54, 1.807) is 19.2 Å². The molecule has 0 saturated heterocycles. The molecule has 0 aromatic heterocycles. The van der Waals surface area contributed by atoms with Gasteiger partial charge in [0.2, 0.25) is 0 Å². The molecule has 0 aliphatic heterocycles. The van der Waals surface area contributed by atoms with Crippen molar-refractivity contribution in [1.82, 2.24) is 0 Å². The highest BCUT2D eigenvalue weighted by Gasteiger charge is 2.06. The maximum Gasteiger partial charge on any atom is 0.142 e. The van der Waals surface area contributed by atoms with Crippen LogP contribution in [-0.2, 0) is 6.42 Å². The molecule has 0 fully saturated rings. The van der Waals surface area contributed by atoms with Crippen LogP contribution in [0.2, 0.25) is 0 Å². The number of nitrogen functional groups attached to an aromatic ring is 1. The summed E-state index contributed by atoms with van der Waals surface area (Å²) in [6.07, 6.45) is 0.678. The van der Waals surface area contributed by atoms with E-state index in [4.69, 9.17) is 10.5 Å². The van der Waals surface area contributed by atoms with Gasteiger partial charge in [0.05, 0.1) is 12.8 Å². The Balaban J connectivity index is 2.30. The molecule has 3 N–H and O–H groups in total. The fraction of sp³-hybridized carbons (Fsp3) is 0.143. The van der Waals surface area contributed by atoms with E-state index in [0.717, 1.165) is 11.1 Å². The average Bonchev–Trinajstić information content (AvgIpc) is 2.32. The molecule has 2 aromatic rings. The average molecular weight is 229 g/mol. The van der Waals surface area contributed by atoms with Crippen LogP contribution in [0.15, 0.2) is 42.5 Å². The third-order valence-electron chi connectivity index (χ3n) is 2.68. The molecule has 0 unspecified atom stereocenters. The van der Waals surface area contributed by atoms with E-state index in [1.807, 2.05) is 30.3 Å². The van der Waals surface area contributed by atoms with Gasteiger partial charge in [-0.25, -0.2) is 0 Å². The molecular weight excluding hydrogens is 214 g/mol. The van der Waals surface area contributed by atoms with Crippen molar-refractivity contribution in [3.63, 3.8) is 0 Å². The van der Waals surface area contributed by atoms with Crippen LogP contribution in [0.25, 0.3) is 0 Å². The standard InChI is InChI=1S/C14H15NO2/c1-17-13-7-3-5-11(14(13)15)8-10-4-2-6-12(16)9-10/h2-7,9,16H,8,15H2,1H3. The minimum atomic E-state index is 0.268. The molecule has 88 valence electrons. The number of phenols is 1. The van der Waals surface area contributed by atoms with Gasteiger partial charge in [-0.3, -0.25) is 0 Å². The van der Waals surface area contributed by atoms with Gasteiger partial charge in [0.25, 0.3) is 0 Å². The molecular formula is C14H15NO2. The molecule has 0 atom stereocenters. The van der Waals surface area contributed by atoms with Crippen molar-refractivity contribution >= 4 is 5.69 Å². The number of phenolic OH excluding ortho intramolecular Hbond substituents is 1. The third kappa shape index (κ3) is 2.50. The summed E-state index contributed by atoms with van der Waals surface area (Å²) in [6.45, 7) is 0. The van der Waals surface area contributed by atoms with E-state index in [2.05, 4.69) is 0 Å². The highest BCUT2D eigenvalue weighted by molar-refractivity contribution is 5.59. The summed E-state index contributed by atoms with van der Waals surface area (Å²) in [5.41, 5.74) is 8.66. The molecule has 0 bridgehead atoms. The number of benzene rings is 2. The summed E-state index contributed by atoms with van der Waals surface area (Å²) in [5, 5.41) is 9.41.